The van der Waals surface area contributed by atoms with E-state index in [1.807, 2.05) is 42.5 Å². The van der Waals surface area contributed by atoms with Gasteiger partial charge in [-0.3, -0.25) is 4.79 Å². The quantitative estimate of drug-likeness (QED) is 0.789. The Kier molecular flexibility index (Phi) is 3.52. The van der Waals surface area contributed by atoms with Crippen molar-refractivity contribution in [3.8, 4) is 6.07 Å². The van der Waals surface area contributed by atoms with Crippen LogP contribution in [-0.2, 0) is 4.79 Å². The lowest BCUT2D eigenvalue weighted by atomic mass is 9.89. The fourth-order valence-corrected chi connectivity index (χ4v) is 2.00. The Hall–Kier alpha value is -2.14. The van der Waals surface area contributed by atoms with Crippen molar-refractivity contribution in [3.63, 3.8) is 0 Å². The molecule has 0 aliphatic heterocycles. The summed E-state index contributed by atoms with van der Waals surface area (Å²) in [5, 5.41) is 8.61. The van der Waals surface area contributed by atoms with Crippen LogP contribution in [0.2, 0.25) is 0 Å². The molecular weight excluding hydrogens is 210 g/mol. The maximum atomic E-state index is 11.9. The molecule has 2 heteroatoms. The molecule has 1 aromatic rings. The summed E-state index contributed by atoms with van der Waals surface area (Å²) in [6.07, 6.45) is 5.81. The summed E-state index contributed by atoms with van der Waals surface area (Å²) in [7, 11) is 0. The molecule has 0 atom stereocenters. The van der Waals surface area contributed by atoms with Gasteiger partial charge in [0.05, 0.1) is 12.5 Å². The molecule has 0 heterocycles. The number of hydrogen-bond donors (Lipinski definition) is 0. The Morgan fingerprint density at radius 2 is 1.88 bits per heavy atom. The van der Waals surface area contributed by atoms with Gasteiger partial charge in [-0.25, -0.2) is 0 Å². The maximum Gasteiger partial charge on any atom is 0.177 e. The molecule has 0 unspecified atom stereocenters. The van der Waals surface area contributed by atoms with Gasteiger partial charge in [-0.1, -0.05) is 42.5 Å². The van der Waals surface area contributed by atoms with E-state index in [9.17, 15) is 4.79 Å². The maximum absolute atomic E-state index is 11.9. The zero-order chi connectivity index (χ0) is 12.1. The number of ketones is 1. The van der Waals surface area contributed by atoms with E-state index in [1.165, 1.54) is 0 Å². The SMILES string of the molecule is N#CCC(=O)C1=CCCC=C1c1ccccc1. The number of carbonyl (C=O) groups is 1. The van der Waals surface area contributed by atoms with E-state index in [1.54, 1.807) is 0 Å². The third kappa shape index (κ3) is 2.51. The summed E-state index contributed by atoms with van der Waals surface area (Å²) < 4.78 is 0. The summed E-state index contributed by atoms with van der Waals surface area (Å²) in [5.41, 5.74) is 2.71. The van der Waals surface area contributed by atoms with E-state index in [0.29, 0.717) is 5.57 Å². The Labute approximate surface area is 101 Å². The van der Waals surface area contributed by atoms with Crippen molar-refractivity contribution in [2.75, 3.05) is 0 Å². The van der Waals surface area contributed by atoms with Gasteiger partial charge in [-0.15, -0.1) is 0 Å². The van der Waals surface area contributed by atoms with Crippen LogP contribution >= 0.6 is 0 Å². The average molecular weight is 223 g/mol. The summed E-state index contributed by atoms with van der Waals surface area (Å²) in [6.45, 7) is 0. The highest BCUT2D eigenvalue weighted by molar-refractivity contribution is 6.11. The molecule has 84 valence electrons. The first kappa shape index (κ1) is 11.3. The molecule has 17 heavy (non-hydrogen) atoms. The van der Waals surface area contributed by atoms with Crippen molar-refractivity contribution < 1.29 is 4.79 Å². The first-order valence-corrected chi connectivity index (χ1v) is 5.69. The van der Waals surface area contributed by atoms with Crippen LogP contribution in [0.4, 0.5) is 0 Å². The second-order valence-electron chi connectivity index (χ2n) is 3.94. The normalized spacial score (nSPS) is 14.5. The molecule has 0 saturated heterocycles. The largest absolute Gasteiger partial charge is 0.293 e. The van der Waals surface area contributed by atoms with Gasteiger partial charge in [0.15, 0.2) is 5.78 Å². The number of nitrogens with zero attached hydrogens (tertiary/aromatic N) is 1. The fourth-order valence-electron chi connectivity index (χ4n) is 2.00. The average Bonchev–Trinajstić information content (AvgIpc) is 2.40. The van der Waals surface area contributed by atoms with Crippen LogP contribution in [0.1, 0.15) is 24.8 Å². The van der Waals surface area contributed by atoms with Crippen molar-refractivity contribution in [3.05, 3.63) is 53.6 Å². The van der Waals surface area contributed by atoms with Gasteiger partial charge >= 0.3 is 0 Å². The van der Waals surface area contributed by atoms with Crippen molar-refractivity contribution >= 4 is 11.4 Å². The molecule has 0 amide bonds. The van der Waals surface area contributed by atoms with Crippen LogP contribution in [0.3, 0.4) is 0 Å². The van der Waals surface area contributed by atoms with Gasteiger partial charge in [0.25, 0.3) is 0 Å². The summed E-state index contributed by atoms with van der Waals surface area (Å²) >= 11 is 0. The van der Waals surface area contributed by atoms with Crippen LogP contribution in [0, 0.1) is 11.3 Å². The van der Waals surface area contributed by atoms with E-state index >= 15 is 0 Å². The van der Waals surface area contributed by atoms with Crippen LogP contribution in [-0.4, -0.2) is 5.78 Å². The third-order valence-corrected chi connectivity index (χ3v) is 2.78. The lowest BCUT2D eigenvalue weighted by Crippen LogP contribution is -2.06. The predicted molar refractivity (Wildman–Crippen MR) is 67.0 cm³/mol. The lowest BCUT2D eigenvalue weighted by Gasteiger charge is -2.14. The number of carbonyl (C=O) groups excluding carboxylic acids is 1. The van der Waals surface area contributed by atoms with Gasteiger partial charge in [0.2, 0.25) is 0 Å². The number of hydrogen-bond acceptors (Lipinski definition) is 2. The minimum absolute atomic E-state index is 0.0456. The third-order valence-electron chi connectivity index (χ3n) is 2.78. The van der Waals surface area contributed by atoms with Crippen LogP contribution < -0.4 is 0 Å². The van der Waals surface area contributed by atoms with Gasteiger partial charge in [0, 0.05) is 5.57 Å². The minimum Gasteiger partial charge on any atom is -0.293 e. The van der Waals surface area contributed by atoms with E-state index in [-0.39, 0.29) is 12.2 Å². The molecule has 0 fully saturated rings. The van der Waals surface area contributed by atoms with E-state index in [4.69, 9.17) is 5.26 Å². The van der Waals surface area contributed by atoms with Gasteiger partial charge in [0.1, 0.15) is 0 Å². The standard InChI is InChI=1S/C15H13NO/c16-11-10-15(17)14-9-5-4-8-13(14)12-6-2-1-3-7-12/h1-3,6-9H,4-5,10H2. The first-order chi connectivity index (χ1) is 8.33. The summed E-state index contributed by atoms with van der Waals surface area (Å²) in [6, 6.07) is 11.8. The van der Waals surface area contributed by atoms with Gasteiger partial charge < -0.3 is 0 Å². The van der Waals surface area contributed by atoms with Crippen molar-refractivity contribution in [2.24, 2.45) is 0 Å². The Bertz CT molecular complexity index is 518. The number of Topliss-reactive ketones (excluding diaryl/α,β-unsaturated/α-hetero) is 1. The lowest BCUT2D eigenvalue weighted by molar-refractivity contribution is -0.114. The second kappa shape index (κ2) is 5.27. The molecule has 1 aliphatic carbocycles. The highest BCUT2D eigenvalue weighted by atomic mass is 16.1. The molecule has 0 saturated carbocycles. The molecule has 0 aromatic heterocycles. The van der Waals surface area contributed by atoms with E-state index in [0.717, 1.165) is 24.0 Å². The second-order valence-corrected chi connectivity index (χ2v) is 3.94. The molecule has 2 rings (SSSR count). The van der Waals surface area contributed by atoms with Crippen LogP contribution in [0.15, 0.2) is 48.1 Å². The molecule has 0 spiro atoms. The van der Waals surface area contributed by atoms with E-state index < -0.39 is 0 Å². The molecule has 0 bridgehead atoms. The Morgan fingerprint density at radius 1 is 1.18 bits per heavy atom. The number of rotatable bonds is 3. The Morgan fingerprint density at radius 3 is 2.59 bits per heavy atom. The highest BCUT2D eigenvalue weighted by Crippen LogP contribution is 2.29. The molecule has 1 aromatic carbocycles. The molecule has 0 radical (unpaired) electrons. The monoisotopic (exact) mass is 223 g/mol. The molecular formula is C15H13NO. The number of nitriles is 1. The Balaban J connectivity index is 2.33. The summed E-state index contributed by atoms with van der Waals surface area (Å²) in [5.74, 6) is -0.0812. The summed E-state index contributed by atoms with van der Waals surface area (Å²) in [4.78, 5) is 11.9. The van der Waals surface area contributed by atoms with Gasteiger partial charge in [-0.2, -0.15) is 5.26 Å². The fraction of sp³-hybridized carbons (Fsp3) is 0.200. The number of allylic oxidation sites excluding steroid dienone is 4. The van der Waals surface area contributed by atoms with E-state index in [2.05, 4.69) is 6.08 Å². The van der Waals surface area contributed by atoms with Crippen molar-refractivity contribution in [2.45, 2.75) is 19.3 Å². The first-order valence-electron chi connectivity index (χ1n) is 5.69. The molecule has 2 nitrogen and oxygen atoms in total. The zero-order valence-corrected chi connectivity index (χ0v) is 9.52. The smallest absolute Gasteiger partial charge is 0.177 e. The highest BCUT2D eigenvalue weighted by Gasteiger charge is 2.17. The van der Waals surface area contributed by atoms with Gasteiger partial charge in [-0.05, 0) is 24.0 Å². The zero-order valence-electron chi connectivity index (χ0n) is 9.52. The topological polar surface area (TPSA) is 40.9 Å². The minimum atomic E-state index is -0.0812. The van der Waals surface area contributed by atoms with Crippen molar-refractivity contribution in [1.29, 1.82) is 5.26 Å². The number of benzene rings is 1. The van der Waals surface area contributed by atoms with Crippen LogP contribution in [0.25, 0.3) is 5.57 Å². The van der Waals surface area contributed by atoms with Crippen LogP contribution in [0.5, 0.6) is 0 Å². The molecule has 1 aliphatic rings. The molecule has 0 N–H and O–H groups in total. The van der Waals surface area contributed by atoms with Crippen molar-refractivity contribution in [1.82, 2.24) is 0 Å². The predicted octanol–water partition coefficient (Wildman–Crippen LogP) is 3.27.